The summed E-state index contributed by atoms with van der Waals surface area (Å²) >= 11 is 0. The molecule has 0 fully saturated rings. The van der Waals surface area contributed by atoms with E-state index in [0.717, 1.165) is 11.1 Å². The highest BCUT2D eigenvalue weighted by Gasteiger charge is 2.39. The number of benzene rings is 1. The standard InChI is InChI=1S/C18H24O5S/c1-12(8-14-4-3-5-15(20)9-14)6-7-16(21)18-13(2)11-24(22,23)17(18)10-19/h3-5,8-9,16-17,19-21H,6-7,10-11H2,1-2H3/b12-8+/t16-,17+/m1/s1. The Morgan fingerprint density at radius 1 is 1.42 bits per heavy atom. The zero-order valence-electron chi connectivity index (χ0n) is 13.9. The van der Waals surface area contributed by atoms with Gasteiger partial charge in [-0.05, 0) is 50.0 Å². The average Bonchev–Trinajstić information content (AvgIpc) is 2.73. The van der Waals surface area contributed by atoms with Crippen molar-refractivity contribution in [1.29, 1.82) is 0 Å². The molecule has 0 bridgehead atoms. The quantitative estimate of drug-likeness (QED) is 0.681. The van der Waals surface area contributed by atoms with Gasteiger partial charge in [-0.1, -0.05) is 29.4 Å². The van der Waals surface area contributed by atoms with Gasteiger partial charge in [0.05, 0.1) is 18.5 Å². The number of hydrogen-bond acceptors (Lipinski definition) is 5. The SMILES string of the molecule is CC1=C([C@H](O)CC/C(C)=C/c2cccc(O)c2)[C@H](CO)S(=O)(=O)C1. The molecular weight excluding hydrogens is 328 g/mol. The maximum atomic E-state index is 12.0. The number of aliphatic hydroxyl groups is 2. The predicted molar refractivity (Wildman–Crippen MR) is 94.4 cm³/mol. The lowest BCUT2D eigenvalue weighted by molar-refractivity contribution is 0.189. The molecule has 1 aliphatic heterocycles. The van der Waals surface area contributed by atoms with Gasteiger partial charge in [0.15, 0.2) is 9.84 Å². The van der Waals surface area contributed by atoms with Crippen LogP contribution in [0, 0.1) is 0 Å². The van der Waals surface area contributed by atoms with Crippen molar-refractivity contribution in [3.63, 3.8) is 0 Å². The fourth-order valence-electron chi connectivity index (χ4n) is 3.16. The third kappa shape index (κ3) is 4.26. The van der Waals surface area contributed by atoms with Crippen molar-refractivity contribution < 1.29 is 23.7 Å². The molecule has 6 heteroatoms. The highest BCUT2D eigenvalue weighted by molar-refractivity contribution is 7.92. The Morgan fingerprint density at radius 3 is 2.75 bits per heavy atom. The van der Waals surface area contributed by atoms with Crippen LogP contribution in [0.15, 0.2) is 41.0 Å². The molecule has 2 atom stereocenters. The maximum Gasteiger partial charge on any atom is 0.163 e. The highest BCUT2D eigenvalue weighted by atomic mass is 32.2. The van der Waals surface area contributed by atoms with E-state index in [2.05, 4.69) is 0 Å². The Balaban J connectivity index is 2.05. The molecule has 0 amide bonds. The van der Waals surface area contributed by atoms with E-state index < -0.39 is 27.8 Å². The minimum Gasteiger partial charge on any atom is -0.508 e. The number of phenols is 1. The lowest BCUT2D eigenvalue weighted by atomic mass is 9.96. The van der Waals surface area contributed by atoms with Crippen LogP contribution >= 0.6 is 0 Å². The molecule has 0 spiro atoms. The van der Waals surface area contributed by atoms with Crippen LogP contribution in [0.1, 0.15) is 32.3 Å². The first-order chi connectivity index (χ1) is 11.2. The average molecular weight is 352 g/mol. The second kappa shape index (κ2) is 7.51. The first-order valence-electron chi connectivity index (χ1n) is 7.91. The van der Waals surface area contributed by atoms with E-state index in [-0.39, 0.29) is 11.5 Å². The molecule has 0 unspecified atom stereocenters. The van der Waals surface area contributed by atoms with Gasteiger partial charge < -0.3 is 15.3 Å². The molecule has 0 aliphatic carbocycles. The molecular formula is C18H24O5S. The van der Waals surface area contributed by atoms with Crippen LogP contribution in [0.5, 0.6) is 5.75 Å². The topological polar surface area (TPSA) is 94.8 Å². The molecule has 1 aromatic rings. The van der Waals surface area contributed by atoms with Crippen LogP contribution in [-0.2, 0) is 9.84 Å². The highest BCUT2D eigenvalue weighted by Crippen LogP contribution is 2.31. The van der Waals surface area contributed by atoms with Gasteiger partial charge in [-0.15, -0.1) is 0 Å². The van der Waals surface area contributed by atoms with Crippen molar-refractivity contribution in [2.45, 2.75) is 38.0 Å². The van der Waals surface area contributed by atoms with Gasteiger partial charge in [0.2, 0.25) is 0 Å². The van der Waals surface area contributed by atoms with E-state index in [4.69, 9.17) is 0 Å². The summed E-state index contributed by atoms with van der Waals surface area (Å²) in [5, 5.41) is 28.3. The van der Waals surface area contributed by atoms with E-state index in [9.17, 15) is 23.7 Å². The molecule has 0 saturated carbocycles. The largest absolute Gasteiger partial charge is 0.508 e. The van der Waals surface area contributed by atoms with Gasteiger partial charge >= 0.3 is 0 Å². The minimum absolute atomic E-state index is 0.0945. The summed E-state index contributed by atoms with van der Waals surface area (Å²) in [6.45, 7) is 3.12. The Labute approximate surface area is 142 Å². The molecule has 5 nitrogen and oxygen atoms in total. The van der Waals surface area contributed by atoms with Crippen molar-refractivity contribution in [3.8, 4) is 5.75 Å². The summed E-state index contributed by atoms with van der Waals surface area (Å²) < 4.78 is 24.0. The Morgan fingerprint density at radius 2 is 2.12 bits per heavy atom. The first kappa shape index (κ1) is 18.7. The fourth-order valence-corrected chi connectivity index (χ4v) is 5.10. The molecule has 132 valence electrons. The Bertz CT molecular complexity index is 761. The van der Waals surface area contributed by atoms with Gasteiger partial charge in [0, 0.05) is 0 Å². The molecule has 1 aliphatic rings. The first-order valence-corrected chi connectivity index (χ1v) is 9.62. The normalized spacial score (nSPS) is 22.0. The molecule has 24 heavy (non-hydrogen) atoms. The third-order valence-electron chi connectivity index (χ3n) is 4.31. The van der Waals surface area contributed by atoms with Gasteiger partial charge in [-0.3, -0.25) is 0 Å². The number of rotatable bonds is 6. The lowest BCUT2D eigenvalue weighted by Crippen LogP contribution is -2.29. The third-order valence-corrected chi connectivity index (χ3v) is 6.42. The number of aliphatic hydroxyl groups excluding tert-OH is 2. The second-order valence-corrected chi connectivity index (χ2v) is 8.54. The molecule has 3 N–H and O–H groups in total. The summed E-state index contributed by atoms with van der Waals surface area (Å²) in [4.78, 5) is 0. The summed E-state index contributed by atoms with van der Waals surface area (Å²) in [6, 6.07) is 6.88. The van der Waals surface area contributed by atoms with E-state index in [1.54, 1.807) is 25.1 Å². The van der Waals surface area contributed by atoms with Crippen molar-refractivity contribution in [2.75, 3.05) is 12.4 Å². The number of aromatic hydroxyl groups is 1. The fraction of sp³-hybridized carbons (Fsp3) is 0.444. The number of allylic oxidation sites excluding steroid dienone is 1. The van der Waals surface area contributed by atoms with E-state index in [1.807, 2.05) is 19.1 Å². The molecule has 0 aromatic heterocycles. The van der Waals surface area contributed by atoms with Crippen LogP contribution in [0.4, 0.5) is 0 Å². The zero-order chi connectivity index (χ0) is 17.9. The molecule has 1 heterocycles. The van der Waals surface area contributed by atoms with Gasteiger partial charge in [0.25, 0.3) is 0 Å². The molecule has 2 rings (SSSR count). The van der Waals surface area contributed by atoms with Gasteiger partial charge in [-0.25, -0.2) is 8.42 Å². The summed E-state index contributed by atoms with van der Waals surface area (Å²) in [7, 11) is -3.40. The van der Waals surface area contributed by atoms with Crippen molar-refractivity contribution >= 4 is 15.9 Å². The van der Waals surface area contributed by atoms with E-state index >= 15 is 0 Å². The Hall–Kier alpha value is -1.63. The molecule has 0 radical (unpaired) electrons. The van der Waals surface area contributed by atoms with Crippen LogP contribution in [0.2, 0.25) is 0 Å². The number of hydrogen-bond donors (Lipinski definition) is 3. The van der Waals surface area contributed by atoms with Crippen molar-refractivity contribution in [1.82, 2.24) is 0 Å². The van der Waals surface area contributed by atoms with Crippen LogP contribution in [0.25, 0.3) is 6.08 Å². The van der Waals surface area contributed by atoms with Gasteiger partial charge in [-0.2, -0.15) is 0 Å². The predicted octanol–water partition coefficient (Wildman–Crippen LogP) is 2.04. The smallest absolute Gasteiger partial charge is 0.163 e. The molecule has 0 saturated heterocycles. The van der Waals surface area contributed by atoms with Crippen molar-refractivity contribution in [3.05, 3.63) is 46.5 Å². The number of sulfone groups is 1. The van der Waals surface area contributed by atoms with Crippen LogP contribution in [-0.4, -0.2) is 47.5 Å². The van der Waals surface area contributed by atoms with E-state index in [1.165, 1.54) is 0 Å². The summed E-state index contributed by atoms with van der Waals surface area (Å²) in [5.41, 5.74) is 2.96. The van der Waals surface area contributed by atoms with E-state index in [0.29, 0.717) is 24.0 Å². The van der Waals surface area contributed by atoms with Crippen LogP contribution in [0.3, 0.4) is 0 Å². The summed E-state index contributed by atoms with van der Waals surface area (Å²) in [5.74, 6) is 0.0993. The number of phenolic OH excluding ortho intramolecular Hbond substituents is 1. The maximum absolute atomic E-state index is 12.0. The van der Waals surface area contributed by atoms with Gasteiger partial charge in [0.1, 0.15) is 11.0 Å². The molecule has 1 aromatic carbocycles. The summed E-state index contributed by atoms with van der Waals surface area (Å²) in [6.07, 6.45) is 2.01. The van der Waals surface area contributed by atoms with Crippen molar-refractivity contribution in [2.24, 2.45) is 0 Å². The zero-order valence-corrected chi connectivity index (χ0v) is 14.8. The monoisotopic (exact) mass is 352 g/mol. The lowest BCUT2D eigenvalue weighted by Gasteiger charge is -2.18. The Kier molecular flexibility index (Phi) is 5.85. The second-order valence-electron chi connectivity index (χ2n) is 6.35. The van der Waals surface area contributed by atoms with Crippen LogP contribution < -0.4 is 0 Å². The minimum atomic E-state index is -3.40.